The summed E-state index contributed by atoms with van der Waals surface area (Å²) in [7, 11) is 1.67. The summed E-state index contributed by atoms with van der Waals surface area (Å²) < 4.78 is 5.27. The van der Waals surface area contributed by atoms with Crippen molar-refractivity contribution in [1.82, 2.24) is 9.80 Å². The molecule has 3 aromatic carbocycles. The van der Waals surface area contributed by atoms with Gasteiger partial charge in [-0.25, -0.2) is 0 Å². The largest absolute Gasteiger partial charge is 0.497 e. The third kappa shape index (κ3) is 6.68. The molecular weight excluding hydrogens is 431 g/mol. The molecular formula is C25H30Cl2N2O2. The Balaban J connectivity index is 0.00000171. The molecule has 0 saturated carbocycles. The lowest BCUT2D eigenvalue weighted by Gasteiger charge is -2.34. The topological polar surface area (TPSA) is 32.8 Å². The van der Waals surface area contributed by atoms with Crippen LogP contribution in [0.4, 0.5) is 0 Å². The molecule has 166 valence electrons. The van der Waals surface area contributed by atoms with Crippen molar-refractivity contribution in [2.45, 2.75) is 13.0 Å². The molecule has 1 fully saturated rings. The van der Waals surface area contributed by atoms with Crippen molar-refractivity contribution >= 4 is 41.4 Å². The number of benzene rings is 3. The molecule has 1 aliphatic rings. The van der Waals surface area contributed by atoms with Crippen LogP contribution in [0.1, 0.15) is 22.3 Å². The van der Waals surface area contributed by atoms with Gasteiger partial charge in [0.15, 0.2) is 5.78 Å². The number of hydrogen-bond donors (Lipinski definition) is 0. The molecule has 0 aromatic heterocycles. The second-order valence-corrected chi connectivity index (χ2v) is 7.70. The molecule has 4 nitrogen and oxygen atoms in total. The molecule has 0 atom stereocenters. The van der Waals surface area contributed by atoms with Gasteiger partial charge in [0.25, 0.3) is 0 Å². The first-order valence-electron chi connectivity index (χ1n) is 10.3. The van der Waals surface area contributed by atoms with Crippen molar-refractivity contribution in [2.75, 3.05) is 39.8 Å². The van der Waals surface area contributed by atoms with E-state index < -0.39 is 0 Å². The lowest BCUT2D eigenvalue weighted by molar-refractivity contribution is 0.0923. The fourth-order valence-electron chi connectivity index (χ4n) is 3.94. The van der Waals surface area contributed by atoms with E-state index in [1.807, 2.05) is 36.4 Å². The minimum absolute atomic E-state index is 0. The molecule has 0 N–H and O–H groups in total. The van der Waals surface area contributed by atoms with Crippen LogP contribution in [0.15, 0.2) is 66.7 Å². The number of carbonyl (C=O) groups is 1. The summed E-state index contributed by atoms with van der Waals surface area (Å²) >= 11 is 0. The van der Waals surface area contributed by atoms with E-state index in [4.69, 9.17) is 4.74 Å². The van der Waals surface area contributed by atoms with E-state index in [2.05, 4.69) is 40.1 Å². The summed E-state index contributed by atoms with van der Waals surface area (Å²) in [5, 5.41) is 2.17. The Labute approximate surface area is 197 Å². The van der Waals surface area contributed by atoms with Crippen LogP contribution in [0, 0.1) is 0 Å². The van der Waals surface area contributed by atoms with Gasteiger partial charge in [-0.1, -0.05) is 48.5 Å². The van der Waals surface area contributed by atoms with Crippen LogP contribution in [0.3, 0.4) is 0 Å². The van der Waals surface area contributed by atoms with Gasteiger partial charge < -0.3 is 9.64 Å². The number of hydrogen-bond acceptors (Lipinski definition) is 4. The van der Waals surface area contributed by atoms with Gasteiger partial charge in [0, 0.05) is 51.3 Å². The van der Waals surface area contributed by atoms with Crippen LogP contribution in [0.2, 0.25) is 0 Å². The SMILES string of the molecule is COc1ccc2cc(C(=O)CCN3CCN(Cc4ccccc4)CC3)ccc2c1.Cl.Cl. The number of nitrogens with zero attached hydrogens (tertiary/aromatic N) is 2. The Morgan fingerprint density at radius 3 is 2.19 bits per heavy atom. The number of Topliss-reactive ketones (excluding diaryl/α,β-unsaturated/α-hetero) is 1. The molecule has 0 radical (unpaired) electrons. The van der Waals surface area contributed by atoms with Crippen molar-refractivity contribution in [3.8, 4) is 5.75 Å². The Bertz CT molecular complexity index is 974. The molecule has 0 aliphatic carbocycles. The number of fused-ring (bicyclic) bond motifs is 1. The Morgan fingerprint density at radius 2 is 1.48 bits per heavy atom. The van der Waals surface area contributed by atoms with E-state index in [0.29, 0.717) is 6.42 Å². The third-order valence-corrected chi connectivity index (χ3v) is 5.74. The standard InChI is InChI=1S/C25H28N2O2.2ClH/c1-29-24-10-9-21-17-23(8-7-22(21)18-24)25(28)11-12-26-13-15-27(16-14-26)19-20-5-3-2-4-6-20;;/h2-10,17-18H,11-16,19H2,1H3;2*1H. The Kier molecular flexibility index (Phi) is 9.79. The quantitative estimate of drug-likeness (QED) is 0.460. The van der Waals surface area contributed by atoms with E-state index in [1.165, 1.54) is 5.56 Å². The van der Waals surface area contributed by atoms with E-state index in [1.54, 1.807) is 7.11 Å². The monoisotopic (exact) mass is 460 g/mol. The van der Waals surface area contributed by atoms with E-state index >= 15 is 0 Å². The first-order valence-corrected chi connectivity index (χ1v) is 10.3. The highest BCUT2D eigenvalue weighted by atomic mass is 35.5. The van der Waals surface area contributed by atoms with E-state index in [-0.39, 0.29) is 30.6 Å². The average molecular weight is 461 g/mol. The van der Waals surface area contributed by atoms with Gasteiger partial charge in [-0.05, 0) is 34.5 Å². The number of carbonyl (C=O) groups excluding carboxylic acids is 1. The zero-order chi connectivity index (χ0) is 20.1. The summed E-state index contributed by atoms with van der Waals surface area (Å²) in [6.45, 7) is 6.01. The highest BCUT2D eigenvalue weighted by molar-refractivity contribution is 6.00. The van der Waals surface area contributed by atoms with E-state index in [9.17, 15) is 4.79 Å². The first kappa shape index (κ1) is 25.2. The van der Waals surface area contributed by atoms with Gasteiger partial charge >= 0.3 is 0 Å². The van der Waals surface area contributed by atoms with Gasteiger partial charge in [0.2, 0.25) is 0 Å². The highest BCUT2D eigenvalue weighted by Crippen LogP contribution is 2.22. The Morgan fingerprint density at radius 1 is 0.839 bits per heavy atom. The van der Waals surface area contributed by atoms with Crippen molar-refractivity contribution in [3.63, 3.8) is 0 Å². The fraction of sp³-hybridized carbons (Fsp3) is 0.320. The van der Waals surface area contributed by atoms with Crippen molar-refractivity contribution in [1.29, 1.82) is 0 Å². The van der Waals surface area contributed by atoms with Gasteiger partial charge in [-0.15, -0.1) is 24.8 Å². The summed E-state index contributed by atoms with van der Waals surface area (Å²) in [5.41, 5.74) is 2.16. The smallest absolute Gasteiger partial charge is 0.164 e. The molecule has 0 amide bonds. The predicted octanol–water partition coefficient (Wildman–Crippen LogP) is 5.08. The van der Waals surface area contributed by atoms with Gasteiger partial charge in [0.1, 0.15) is 5.75 Å². The number of ketones is 1. The molecule has 4 rings (SSSR count). The minimum Gasteiger partial charge on any atom is -0.497 e. The number of ether oxygens (including phenoxy) is 1. The summed E-state index contributed by atoms with van der Waals surface area (Å²) in [6, 6.07) is 22.5. The number of halogens is 2. The maximum absolute atomic E-state index is 12.7. The molecule has 1 saturated heterocycles. The zero-order valence-corrected chi connectivity index (χ0v) is 19.5. The number of piperazine rings is 1. The van der Waals surface area contributed by atoms with Crippen molar-refractivity contribution < 1.29 is 9.53 Å². The van der Waals surface area contributed by atoms with Gasteiger partial charge in [-0.2, -0.15) is 0 Å². The molecule has 31 heavy (non-hydrogen) atoms. The third-order valence-electron chi connectivity index (χ3n) is 5.74. The fourth-order valence-corrected chi connectivity index (χ4v) is 3.94. The van der Waals surface area contributed by atoms with Crippen LogP contribution in [-0.2, 0) is 6.54 Å². The summed E-state index contributed by atoms with van der Waals surface area (Å²) in [6.07, 6.45) is 0.570. The summed E-state index contributed by atoms with van der Waals surface area (Å²) in [4.78, 5) is 17.6. The van der Waals surface area contributed by atoms with Crippen molar-refractivity contribution in [3.05, 3.63) is 77.9 Å². The first-order chi connectivity index (χ1) is 14.2. The second kappa shape index (κ2) is 12.1. The lowest BCUT2D eigenvalue weighted by Crippen LogP contribution is -2.46. The maximum atomic E-state index is 12.7. The number of methoxy groups -OCH3 is 1. The molecule has 1 aliphatic heterocycles. The van der Waals surface area contributed by atoms with Crippen molar-refractivity contribution in [2.24, 2.45) is 0 Å². The molecule has 0 unspecified atom stereocenters. The predicted molar refractivity (Wildman–Crippen MR) is 132 cm³/mol. The normalized spacial score (nSPS) is 14.5. The Hall–Kier alpha value is -2.11. The molecule has 3 aromatic rings. The van der Waals surface area contributed by atoms with Crippen LogP contribution in [0.5, 0.6) is 5.75 Å². The van der Waals surface area contributed by atoms with Crippen LogP contribution in [0.25, 0.3) is 10.8 Å². The molecule has 1 heterocycles. The highest BCUT2D eigenvalue weighted by Gasteiger charge is 2.18. The average Bonchev–Trinajstić information content (AvgIpc) is 2.78. The second-order valence-electron chi connectivity index (χ2n) is 7.70. The molecule has 6 heteroatoms. The zero-order valence-electron chi connectivity index (χ0n) is 17.8. The molecule has 0 spiro atoms. The van der Waals surface area contributed by atoms with Crippen LogP contribution >= 0.6 is 24.8 Å². The lowest BCUT2D eigenvalue weighted by atomic mass is 10.0. The number of rotatable bonds is 7. The minimum atomic E-state index is 0. The molecule has 0 bridgehead atoms. The summed E-state index contributed by atoms with van der Waals surface area (Å²) in [5.74, 6) is 1.05. The van der Waals surface area contributed by atoms with E-state index in [0.717, 1.165) is 61.4 Å². The van der Waals surface area contributed by atoms with Crippen LogP contribution in [-0.4, -0.2) is 55.4 Å². The van der Waals surface area contributed by atoms with Crippen LogP contribution < -0.4 is 4.74 Å². The van der Waals surface area contributed by atoms with Gasteiger partial charge in [-0.3, -0.25) is 9.69 Å². The maximum Gasteiger partial charge on any atom is 0.164 e. The van der Waals surface area contributed by atoms with Gasteiger partial charge in [0.05, 0.1) is 7.11 Å².